The smallest absolute Gasteiger partial charge is 0.192 e. The van der Waals surface area contributed by atoms with Crippen LogP contribution in [0.5, 0.6) is 0 Å². The first kappa shape index (κ1) is 19.2. The molecule has 2 aromatic rings. The Labute approximate surface area is 177 Å². The van der Waals surface area contributed by atoms with E-state index in [-0.39, 0.29) is 28.8 Å². The Balaban J connectivity index is 1.71. The average molecular weight is 398 g/mol. The summed E-state index contributed by atoms with van der Waals surface area (Å²) in [4.78, 5) is 31.8. The first-order valence-electron chi connectivity index (χ1n) is 10.8. The standard InChI is InChI=1S/C27H27NO2/c1-15(2)16-9-11-17(12-10-16)22-23-20(13-27(3,4)14-21(23)29)28-25-18-7-5-6-8-19(18)26(30)24(22)25/h5-12,15,22-23H,13-14H2,1-4H3/t22-,23?/m0/s1. The van der Waals surface area contributed by atoms with Gasteiger partial charge >= 0.3 is 0 Å². The second-order valence-electron chi connectivity index (χ2n) is 10.0. The van der Waals surface area contributed by atoms with E-state index in [0.717, 1.165) is 29.0 Å². The van der Waals surface area contributed by atoms with E-state index in [1.54, 1.807) is 0 Å². The van der Waals surface area contributed by atoms with Crippen LogP contribution in [0.1, 0.15) is 79.4 Å². The van der Waals surface area contributed by atoms with Crippen molar-refractivity contribution < 1.29 is 9.59 Å². The Morgan fingerprint density at radius 3 is 2.23 bits per heavy atom. The molecular formula is C27H27NO2. The maximum Gasteiger partial charge on any atom is 0.192 e. The molecule has 0 amide bonds. The van der Waals surface area contributed by atoms with Crippen molar-refractivity contribution in [1.29, 1.82) is 0 Å². The van der Waals surface area contributed by atoms with Crippen LogP contribution in [0.3, 0.4) is 0 Å². The van der Waals surface area contributed by atoms with Crippen molar-refractivity contribution in [2.24, 2.45) is 16.3 Å². The fourth-order valence-corrected chi connectivity index (χ4v) is 5.37. The summed E-state index contributed by atoms with van der Waals surface area (Å²) < 4.78 is 0. The zero-order valence-corrected chi connectivity index (χ0v) is 18.0. The van der Waals surface area contributed by atoms with Crippen molar-refractivity contribution in [2.75, 3.05) is 0 Å². The molecule has 0 radical (unpaired) electrons. The van der Waals surface area contributed by atoms with Crippen LogP contribution in [0.2, 0.25) is 0 Å². The number of carbonyl (C=O) groups excluding carboxylic acids is 2. The van der Waals surface area contributed by atoms with Crippen LogP contribution in [0.25, 0.3) is 5.70 Å². The topological polar surface area (TPSA) is 46.5 Å². The molecule has 1 fully saturated rings. The Morgan fingerprint density at radius 1 is 0.900 bits per heavy atom. The van der Waals surface area contributed by atoms with E-state index in [2.05, 4.69) is 52.0 Å². The van der Waals surface area contributed by atoms with Gasteiger partial charge in [0.05, 0.1) is 11.6 Å². The molecule has 0 spiro atoms. The van der Waals surface area contributed by atoms with Gasteiger partial charge in [-0.2, -0.15) is 0 Å². The molecule has 1 unspecified atom stereocenters. The lowest BCUT2D eigenvalue weighted by Crippen LogP contribution is -2.43. The Kier molecular flexibility index (Phi) is 4.22. The molecule has 2 aromatic carbocycles. The van der Waals surface area contributed by atoms with Gasteiger partial charge in [-0.15, -0.1) is 0 Å². The van der Waals surface area contributed by atoms with Crippen LogP contribution in [0, 0.1) is 11.3 Å². The van der Waals surface area contributed by atoms with Gasteiger partial charge in [-0.3, -0.25) is 14.6 Å². The monoisotopic (exact) mass is 397 g/mol. The summed E-state index contributed by atoms with van der Waals surface area (Å²) in [6.45, 7) is 8.61. The number of rotatable bonds is 2. The molecule has 5 rings (SSSR count). The van der Waals surface area contributed by atoms with Crippen LogP contribution < -0.4 is 0 Å². The first-order valence-corrected chi connectivity index (χ1v) is 10.8. The Hall–Kier alpha value is -2.81. The molecule has 0 bridgehead atoms. The van der Waals surface area contributed by atoms with Gasteiger partial charge < -0.3 is 0 Å². The van der Waals surface area contributed by atoms with Gasteiger partial charge in [0.1, 0.15) is 5.78 Å². The lowest BCUT2D eigenvalue weighted by molar-refractivity contribution is -0.124. The van der Waals surface area contributed by atoms with Gasteiger partial charge in [0, 0.05) is 34.8 Å². The zero-order valence-electron chi connectivity index (χ0n) is 18.0. The summed E-state index contributed by atoms with van der Waals surface area (Å²) in [7, 11) is 0. The number of Topliss-reactive ketones (excluding diaryl/α,β-unsaturated/α-hetero) is 2. The molecule has 0 saturated heterocycles. The highest BCUT2D eigenvalue weighted by Crippen LogP contribution is 2.52. The summed E-state index contributed by atoms with van der Waals surface area (Å²) in [5.41, 5.74) is 6.24. The molecule has 3 heteroatoms. The predicted molar refractivity (Wildman–Crippen MR) is 120 cm³/mol. The second-order valence-corrected chi connectivity index (χ2v) is 10.0. The molecule has 152 valence electrons. The van der Waals surface area contributed by atoms with E-state index < -0.39 is 0 Å². The van der Waals surface area contributed by atoms with Gasteiger partial charge in [-0.05, 0) is 28.9 Å². The number of carbonyl (C=O) groups is 2. The normalized spacial score (nSPS) is 24.5. The summed E-state index contributed by atoms with van der Waals surface area (Å²) in [6, 6.07) is 16.2. The van der Waals surface area contributed by atoms with Crippen molar-refractivity contribution in [3.05, 3.63) is 76.4 Å². The van der Waals surface area contributed by atoms with Gasteiger partial charge in [0.25, 0.3) is 0 Å². The highest BCUT2D eigenvalue weighted by atomic mass is 16.1. The largest absolute Gasteiger partial charge is 0.299 e. The maximum atomic E-state index is 13.5. The number of hydrogen-bond acceptors (Lipinski definition) is 3. The number of hydrogen-bond donors (Lipinski definition) is 0. The van der Waals surface area contributed by atoms with E-state index in [0.29, 0.717) is 23.5 Å². The Bertz CT molecular complexity index is 1130. The maximum absolute atomic E-state index is 13.5. The minimum absolute atomic E-state index is 0.0268. The van der Waals surface area contributed by atoms with Crippen molar-refractivity contribution in [3.63, 3.8) is 0 Å². The van der Waals surface area contributed by atoms with Gasteiger partial charge in [0.2, 0.25) is 0 Å². The molecule has 3 nitrogen and oxygen atoms in total. The van der Waals surface area contributed by atoms with E-state index in [1.807, 2.05) is 24.3 Å². The van der Waals surface area contributed by atoms with E-state index in [9.17, 15) is 9.59 Å². The van der Waals surface area contributed by atoms with Crippen molar-refractivity contribution in [3.8, 4) is 0 Å². The van der Waals surface area contributed by atoms with Crippen LogP contribution in [-0.2, 0) is 4.79 Å². The molecule has 3 aliphatic rings. The molecule has 1 heterocycles. The van der Waals surface area contributed by atoms with Gasteiger partial charge in [0.15, 0.2) is 5.78 Å². The van der Waals surface area contributed by atoms with E-state index in [4.69, 9.17) is 4.99 Å². The highest BCUT2D eigenvalue weighted by Gasteiger charge is 2.49. The SMILES string of the molecule is CC(C)c1ccc([C@@H]2C3=C(N=C4CC(C)(C)CC(=O)C42)c2ccccc2C3=O)cc1. The molecule has 0 aromatic heterocycles. The summed E-state index contributed by atoms with van der Waals surface area (Å²) >= 11 is 0. The summed E-state index contributed by atoms with van der Waals surface area (Å²) in [6.07, 6.45) is 1.32. The molecule has 1 saturated carbocycles. The van der Waals surface area contributed by atoms with Gasteiger partial charge in [-0.1, -0.05) is 76.2 Å². The van der Waals surface area contributed by atoms with Crippen LogP contribution >= 0.6 is 0 Å². The van der Waals surface area contributed by atoms with Crippen molar-refractivity contribution in [1.82, 2.24) is 0 Å². The number of ketones is 2. The summed E-state index contributed by atoms with van der Waals surface area (Å²) in [5, 5.41) is 0. The molecule has 30 heavy (non-hydrogen) atoms. The number of fused-ring (bicyclic) bond motifs is 3. The molecule has 2 aliphatic carbocycles. The molecule has 1 aliphatic heterocycles. The number of nitrogens with zero attached hydrogens (tertiary/aromatic N) is 1. The first-order chi connectivity index (χ1) is 14.3. The minimum atomic E-state index is -0.333. The number of aliphatic imine (C=N–C) groups is 1. The van der Waals surface area contributed by atoms with Gasteiger partial charge in [-0.25, -0.2) is 0 Å². The molecule has 0 N–H and O–H groups in total. The van der Waals surface area contributed by atoms with Crippen LogP contribution in [0.4, 0.5) is 0 Å². The van der Waals surface area contributed by atoms with E-state index >= 15 is 0 Å². The molecule has 2 atom stereocenters. The summed E-state index contributed by atoms with van der Waals surface area (Å²) in [5.74, 6) is 0.0844. The molecular weight excluding hydrogens is 370 g/mol. The minimum Gasteiger partial charge on any atom is -0.299 e. The number of benzene rings is 2. The third kappa shape index (κ3) is 2.83. The van der Waals surface area contributed by atoms with Crippen molar-refractivity contribution >= 4 is 23.0 Å². The fourth-order valence-electron chi connectivity index (χ4n) is 5.37. The van der Waals surface area contributed by atoms with Crippen molar-refractivity contribution in [2.45, 2.75) is 52.4 Å². The Morgan fingerprint density at radius 2 is 1.57 bits per heavy atom. The zero-order chi connectivity index (χ0) is 21.2. The van der Waals surface area contributed by atoms with E-state index in [1.165, 1.54) is 5.56 Å². The predicted octanol–water partition coefficient (Wildman–Crippen LogP) is 5.96. The van der Waals surface area contributed by atoms with Crippen LogP contribution in [0.15, 0.2) is 59.1 Å². The lowest BCUT2D eigenvalue weighted by atomic mass is 9.63. The second kappa shape index (κ2) is 6.60. The highest BCUT2D eigenvalue weighted by molar-refractivity contribution is 6.25. The quantitative estimate of drug-likeness (QED) is 0.627. The average Bonchev–Trinajstić information content (AvgIpc) is 2.98. The van der Waals surface area contributed by atoms with Crippen LogP contribution in [-0.4, -0.2) is 17.3 Å². The fraction of sp³-hybridized carbons (Fsp3) is 0.370. The third-order valence-electron chi connectivity index (χ3n) is 6.81. The lowest BCUT2D eigenvalue weighted by Gasteiger charge is -2.40. The number of allylic oxidation sites excluding steroid dienone is 1. The third-order valence-corrected chi connectivity index (χ3v) is 6.81.